The van der Waals surface area contributed by atoms with Gasteiger partial charge in [-0.25, -0.2) is 0 Å². The van der Waals surface area contributed by atoms with Crippen LogP contribution in [0.2, 0.25) is 0 Å². The fourth-order valence-corrected chi connectivity index (χ4v) is 2.50. The molecule has 0 aliphatic heterocycles. The van der Waals surface area contributed by atoms with Gasteiger partial charge in [0.15, 0.2) is 0 Å². The summed E-state index contributed by atoms with van der Waals surface area (Å²) in [4.78, 5) is 0. The molecule has 1 aliphatic carbocycles. The Kier molecular flexibility index (Phi) is 5.72. The molecule has 2 aromatic rings. The molecule has 3 rings (SSSR count). The van der Waals surface area contributed by atoms with Crippen LogP contribution in [0.1, 0.15) is 29.5 Å². The third kappa shape index (κ3) is 2.66. The molecule has 2 radical (unpaired) electrons. The second kappa shape index (κ2) is 6.20. The standard InChI is InChI=1S/C15H13.2Y/c1-10-7-8-14-13-6-4-3-5-12(13)11(2)15(14)9-10;;/h4-9,11H,1-2H3;;/q-1;;. The molecule has 80 valence electrons. The van der Waals surface area contributed by atoms with Crippen molar-refractivity contribution < 1.29 is 65.4 Å². The Hall–Kier alpha value is 0.648. The minimum Gasteiger partial charge on any atom is -0.183 e. The van der Waals surface area contributed by atoms with Crippen LogP contribution >= 0.6 is 0 Å². The molecule has 1 unspecified atom stereocenters. The molecule has 0 spiro atoms. The average molecular weight is 371 g/mol. The Labute approximate surface area is 153 Å². The molecule has 0 amide bonds. The number of benzene rings is 2. The zero-order valence-corrected chi connectivity index (χ0v) is 15.9. The Morgan fingerprint density at radius 3 is 2.47 bits per heavy atom. The van der Waals surface area contributed by atoms with Crippen LogP contribution in [0.3, 0.4) is 0 Å². The summed E-state index contributed by atoms with van der Waals surface area (Å²) in [5.41, 5.74) is 7.01. The predicted molar refractivity (Wildman–Crippen MR) is 63.0 cm³/mol. The molecule has 0 aromatic heterocycles. The summed E-state index contributed by atoms with van der Waals surface area (Å²) in [6, 6.07) is 16.2. The van der Waals surface area contributed by atoms with Gasteiger partial charge in [-0.1, -0.05) is 30.7 Å². The van der Waals surface area contributed by atoms with Crippen LogP contribution in [0.4, 0.5) is 0 Å². The van der Waals surface area contributed by atoms with Gasteiger partial charge < -0.3 is 0 Å². The number of rotatable bonds is 0. The zero-order valence-electron chi connectivity index (χ0n) is 10.2. The second-order valence-electron chi connectivity index (χ2n) is 4.33. The fraction of sp³-hybridized carbons (Fsp3) is 0.200. The first-order valence-electron chi connectivity index (χ1n) is 5.38. The Balaban J connectivity index is 0.000000722. The first-order chi connectivity index (χ1) is 7.27. The summed E-state index contributed by atoms with van der Waals surface area (Å²) in [6.45, 7) is 4.43. The third-order valence-corrected chi connectivity index (χ3v) is 3.33. The van der Waals surface area contributed by atoms with Crippen molar-refractivity contribution in [2.45, 2.75) is 19.8 Å². The molecule has 0 heterocycles. The molecule has 0 N–H and O–H groups in total. The molecule has 0 fully saturated rings. The van der Waals surface area contributed by atoms with E-state index in [4.69, 9.17) is 0 Å². The molecule has 17 heavy (non-hydrogen) atoms. The smallest absolute Gasteiger partial charge is 0 e. The molecule has 0 nitrogen and oxygen atoms in total. The van der Waals surface area contributed by atoms with Crippen molar-refractivity contribution >= 4 is 0 Å². The van der Waals surface area contributed by atoms with Crippen LogP contribution in [0.25, 0.3) is 11.1 Å². The Morgan fingerprint density at radius 2 is 1.71 bits per heavy atom. The SMILES string of the molecule is Cc1ccc2c(c1)C(C)c1c[c-]ccc1-2.[Y].[Y]. The average Bonchev–Trinajstić information content (AvgIpc) is 2.54. The van der Waals surface area contributed by atoms with E-state index in [1.807, 2.05) is 6.07 Å². The molecule has 1 atom stereocenters. The molecular formula is C15H13Y2-. The molecule has 2 heteroatoms. The van der Waals surface area contributed by atoms with E-state index >= 15 is 0 Å². The van der Waals surface area contributed by atoms with Crippen LogP contribution in [0.15, 0.2) is 36.4 Å². The van der Waals surface area contributed by atoms with Gasteiger partial charge in [0.2, 0.25) is 0 Å². The fourth-order valence-electron chi connectivity index (χ4n) is 2.50. The van der Waals surface area contributed by atoms with Crippen molar-refractivity contribution in [3.05, 3.63) is 59.2 Å². The van der Waals surface area contributed by atoms with Crippen LogP contribution in [-0.4, -0.2) is 0 Å². The second-order valence-corrected chi connectivity index (χ2v) is 4.33. The van der Waals surface area contributed by atoms with E-state index in [0.717, 1.165) is 0 Å². The molecule has 0 bridgehead atoms. The van der Waals surface area contributed by atoms with Crippen molar-refractivity contribution in [2.24, 2.45) is 0 Å². The minimum absolute atomic E-state index is 0. The van der Waals surface area contributed by atoms with Crippen LogP contribution in [-0.2, 0) is 65.4 Å². The van der Waals surface area contributed by atoms with Gasteiger partial charge in [0, 0.05) is 65.4 Å². The summed E-state index contributed by atoms with van der Waals surface area (Å²) in [7, 11) is 0. The summed E-state index contributed by atoms with van der Waals surface area (Å²) in [5, 5.41) is 0. The van der Waals surface area contributed by atoms with Crippen molar-refractivity contribution in [1.82, 2.24) is 0 Å². The largest absolute Gasteiger partial charge is 0.183 e. The summed E-state index contributed by atoms with van der Waals surface area (Å²) < 4.78 is 0. The van der Waals surface area contributed by atoms with E-state index in [1.165, 1.54) is 27.8 Å². The van der Waals surface area contributed by atoms with E-state index < -0.39 is 0 Å². The van der Waals surface area contributed by atoms with Crippen molar-refractivity contribution in [3.8, 4) is 11.1 Å². The number of fused-ring (bicyclic) bond motifs is 3. The number of hydrogen-bond acceptors (Lipinski definition) is 0. The molecule has 2 aromatic carbocycles. The number of hydrogen-bond donors (Lipinski definition) is 0. The maximum atomic E-state index is 3.17. The van der Waals surface area contributed by atoms with Gasteiger partial charge in [0.25, 0.3) is 0 Å². The molecule has 0 saturated carbocycles. The maximum Gasteiger partial charge on any atom is 0 e. The Bertz CT molecular complexity index is 532. The van der Waals surface area contributed by atoms with E-state index in [0.29, 0.717) is 5.92 Å². The summed E-state index contributed by atoms with van der Waals surface area (Å²) in [6.07, 6.45) is 0. The van der Waals surface area contributed by atoms with Gasteiger partial charge >= 0.3 is 0 Å². The third-order valence-electron chi connectivity index (χ3n) is 3.33. The van der Waals surface area contributed by atoms with E-state index in [1.54, 1.807) is 0 Å². The van der Waals surface area contributed by atoms with Gasteiger partial charge in [0.05, 0.1) is 0 Å². The van der Waals surface area contributed by atoms with Crippen LogP contribution in [0, 0.1) is 13.0 Å². The van der Waals surface area contributed by atoms with E-state index in [9.17, 15) is 0 Å². The zero-order chi connectivity index (χ0) is 10.4. The van der Waals surface area contributed by atoms with Crippen LogP contribution in [0.5, 0.6) is 0 Å². The normalized spacial score (nSPS) is 15.3. The minimum atomic E-state index is 0. The quantitative estimate of drug-likeness (QED) is 0.616. The van der Waals surface area contributed by atoms with Crippen molar-refractivity contribution in [1.29, 1.82) is 0 Å². The monoisotopic (exact) mass is 371 g/mol. The summed E-state index contributed by atoms with van der Waals surface area (Å²) in [5.74, 6) is 0.521. The van der Waals surface area contributed by atoms with Gasteiger partial charge in [-0.05, 0) is 24.0 Å². The molecular weight excluding hydrogens is 358 g/mol. The molecule has 0 saturated heterocycles. The van der Waals surface area contributed by atoms with Gasteiger partial charge in [-0.2, -0.15) is 24.3 Å². The predicted octanol–water partition coefficient (Wildman–Crippen LogP) is 3.92. The first-order valence-corrected chi connectivity index (χ1v) is 5.38. The Morgan fingerprint density at radius 1 is 1.00 bits per heavy atom. The van der Waals surface area contributed by atoms with Gasteiger partial charge in [-0.3, -0.25) is 0 Å². The topological polar surface area (TPSA) is 0 Å². The van der Waals surface area contributed by atoms with E-state index in [2.05, 4.69) is 50.2 Å². The van der Waals surface area contributed by atoms with Gasteiger partial charge in [0.1, 0.15) is 0 Å². The van der Waals surface area contributed by atoms with E-state index in [-0.39, 0.29) is 65.4 Å². The summed E-state index contributed by atoms with van der Waals surface area (Å²) >= 11 is 0. The first kappa shape index (κ1) is 15.7. The van der Waals surface area contributed by atoms with Crippen molar-refractivity contribution in [2.75, 3.05) is 0 Å². The maximum absolute atomic E-state index is 3.17. The van der Waals surface area contributed by atoms with Crippen LogP contribution < -0.4 is 0 Å². The van der Waals surface area contributed by atoms with Gasteiger partial charge in [-0.15, -0.1) is 11.1 Å². The number of aryl methyl sites for hydroxylation is 1. The molecule has 1 aliphatic rings. The van der Waals surface area contributed by atoms with Crippen molar-refractivity contribution in [3.63, 3.8) is 0 Å².